The number of hydrogen-bond acceptors (Lipinski definition) is 6. The van der Waals surface area contributed by atoms with Crippen molar-refractivity contribution in [2.24, 2.45) is 0 Å². The molecule has 1 aliphatic rings. The Morgan fingerprint density at radius 1 is 1.10 bits per heavy atom. The second kappa shape index (κ2) is 7.14. The molecule has 0 radical (unpaired) electrons. The number of anilines is 1. The molecule has 1 aliphatic heterocycles. The Morgan fingerprint density at radius 3 is 2.66 bits per heavy atom. The van der Waals surface area contributed by atoms with E-state index in [9.17, 15) is 4.39 Å². The lowest BCUT2D eigenvalue weighted by molar-refractivity contribution is 0.364. The topological polar surface area (TPSA) is 102 Å². The monoisotopic (exact) mass is 390 g/mol. The molecule has 0 bridgehead atoms. The minimum Gasteiger partial charge on any atom is -0.457 e. The lowest BCUT2D eigenvalue weighted by Gasteiger charge is -2.26. The summed E-state index contributed by atoms with van der Waals surface area (Å²) in [6.45, 7) is 1.01. The summed E-state index contributed by atoms with van der Waals surface area (Å²) in [5, 5.41) is 10.9. The molecule has 5 rings (SSSR count). The van der Waals surface area contributed by atoms with E-state index in [4.69, 9.17) is 10.5 Å². The summed E-state index contributed by atoms with van der Waals surface area (Å²) in [6.07, 6.45) is 1.80. The van der Waals surface area contributed by atoms with Gasteiger partial charge in [-0.3, -0.25) is 5.10 Å². The molecule has 0 amide bonds. The first-order valence-corrected chi connectivity index (χ1v) is 9.44. The highest BCUT2D eigenvalue weighted by molar-refractivity contribution is 5.98. The fourth-order valence-electron chi connectivity index (χ4n) is 3.41. The maximum Gasteiger partial charge on any atom is 0.161 e. The zero-order valence-corrected chi connectivity index (χ0v) is 15.5. The van der Waals surface area contributed by atoms with Crippen LogP contribution in [0.4, 0.5) is 10.2 Å². The summed E-state index contributed by atoms with van der Waals surface area (Å²) in [5.74, 6) is 1.51. The van der Waals surface area contributed by atoms with Gasteiger partial charge in [0.25, 0.3) is 0 Å². The molecule has 2 aromatic heterocycles. The highest BCUT2D eigenvalue weighted by Crippen LogP contribution is 2.33. The van der Waals surface area contributed by atoms with Crippen LogP contribution in [0.15, 0.2) is 48.5 Å². The number of halogens is 1. The number of H-pyrrole nitrogens is 1. The van der Waals surface area contributed by atoms with E-state index >= 15 is 0 Å². The molecule has 1 unspecified atom stereocenters. The van der Waals surface area contributed by atoms with Gasteiger partial charge in [0.1, 0.15) is 34.7 Å². The quantitative estimate of drug-likeness (QED) is 0.483. The fraction of sp³-hybridized carbons (Fsp3) is 0.190. The number of nitrogen functional groups attached to an aromatic ring is 1. The van der Waals surface area contributed by atoms with E-state index in [2.05, 4.69) is 25.5 Å². The van der Waals surface area contributed by atoms with E-state index in [-0.39, 0.29) is 5.82 Å². The third-order valence-electron chi connectivity index (χ3n) is 5.02. The van der Waals surface area contributed by atoms with Crippen molar-refractivity contribution in [2.45, 2.75) is 18.9 Å². The van der Waals surface area contributed by atoms with Crippen molar-refractivity contribution in [3.8, 4) is 22.8 Å². The molecule has 7 nitrogen and oxygen atoms in total. The normalized spacial score (nSPS) is 16.0. The van der Waals surface area contributed by atoms with Crippen LogP contribution < -0.4 is 15.8 Å². The van der Waals surface area contributed by atoms with Crippen molar-refractivity contribution in [2.75, 3.05) is 12.3 Å². The first-order chi connectivity index (χ1) is 14.2. The van der Waals surface area contributed by atoms with Gasteiger partial charge in [-0.1, -0.05) is 18.2 Å². The van der Waals surface area contributed by atoms with Gasteiger partial charge in [0, 0.05) is 24.1 Å². The van der Waals surface area contributed by atoms with Gasteiger partial charge in [-0.05, 0) is 37.2 Å². The number of benzene rings is 2. The smallest absolute Gasteiger partial charge is 0.161 e. The molecule has 1 fully saturated rings. The van der Waals surface area contributed by atoms with Crippen LogP contribution in [-0.4, -0.2) is 32.8 Å². The number of nitrogens with zero attached hydrogens (tertiary/aromatic N) is 3. The molecule has 1 saturated heterocycles. The number of aromatic nitrogens is 4. The second-order valence-electron chi connectivity index (χ2n) is 7.02. The van der Waals surface area contributed by atoms with Crippen molar-refractivity contribution in [3.63, 3.8) is 0 Å². The van der Waals surface area contributed by atoms with Crippen molar-refractivity contribution in [1.29, 1.82) is 0 Å². The standard InChI is InChI=1S/C21H19FN6O/c22-16-11-14(29-13-4-2-1-3-5-13)6-7-15(16)19-18-20(23)25-17(10-12-8-9-24-12)26-21(18)28-27-19/h1-7,11-12,24H,8-10H2,(H3,23,25,26,27,28). The number of para-hydroxylation sites is 1. The van der Waals surface area contributed by atoms with Gasteiger partial charge in [0.15, 0.2) is 5.65 Å². The lowest BCUT2D eigenvalue weighted by atomic mass is 10.0. The van der Waals surface area contributed by atoms with E-state index < -0.39 is 5.82 Å². The summed E-state index contributed by atoms with van der Waals surface area (Å²) in [6, 6.07) is 14.2. The summed E-state index contributed by atoms with van der Waals surface area (Å²) >= 11 is 0. The van der Waals surface area contributed by atoms with E-state index in [1.165, 1.54) is 6.07 Å². The zero-order valence-electron chi connectivity index (χ0n) is 15.5. The highest BCUT2D eigenvalue weighted by Gasteiger charge is 2.21. The van der Waals surface area contributed by atoms with Gasteiger partial charge in [0.05, 0.1) is 5.39 Å². The van der Waals surface area contributed by atoms with Crippen LogP contribution in [0.1, 0.15) is 12.2 Å². The number of fused-ring (bicyclic) bond motifs is 1. The van der Waals surface area contributed by atoms with E-state index in [0.29, 0.717) is 52.1 Å². The maximum atomic E-state index is 14.9. The van der Waals surface area contributed by atoms with Gasteiger partial charge in [-0.2, -0.15) is 5.10 Å². The van der Waals surface area contributed by atoms with Gasteiger partial charge in [0.2, 0.25) is 0 Å². The fourth-order valence-corrected chi connectivity index (χ4v) is 3.41. The molecule has 4 aromatic rings. The summed E-state index contributed by atoms with van der Waals surface area (Å²) in [5.41, 5.74) is 7.37. The molecule has 0 aliphatic carbocycles. The van der Waals surface area contributed by atoms with Crippen LogP contribution in [0.2, 0.25) is 0 Å². The molecule has 3 heterocycles. The molecule has 146 valence electrons. The van der Waals surface area contributed by atoms with Crippen molar-refractivity contribution >= 4 is 16.9 Å². The third-order valence-corrected chi connectivity index (χ3v) is 5.02. The molecule has 1 atom stereocenters. The predicted molar refractivity (Wildman–Crippen MR) is 108 cm³/mol. The average molecular weight is 390 g/mol. The van der Waals surface area contributed by atoms with Gasteiger partial charge < -0.3 is 15.8 Å². The molecule has 0 spiro atoms. The van der Waals surface area contributed by atoms with Gasteiger partial charge in [-0.15, -0.1) is 0 Å². The Labute approximate surface area is 166 Å². The SMILES string of the molecule is Nc1nc(CC2CCN2)nc2[nH]nc(-c3ccc(Oc4ccccc4)cc3F)c12. The minimum atomic E-state index is -0.464. The molecular formula is C21H19FN6O. The number of hydrogen-bond donors (Lipinski definition) is 3. The molecule has 4 N–H and O–H groups in total. The molecule has 0 saturated carbocycles. The largest absolute Gasteiger partial charge is 0.457 e. The van der Waals surface area contributed by atoms with Crippen molar-refractivity contribution < 1.29 is 9.13 Å². The zero-order chi connectivity index (χ0) is 19.8. The van der Waals surface area contributed by atoms with E-state index in [0.717, 1.165) is 13.0 Å². The highest BCUT2D eigenvalue weighted by atomic mass is 19.1. The average Bonchev–Trinajstić information content (AvgIpc) is 3.10. The first-order valence-electron chi connectivity index (χ1n) is 9.44. The maximum absolute atomic E-state index is 14.9. The summed E-state index contributed by atoms with van der Waals surface area (Å²) in [4.78, 5) is 8.91. The number of rotatable bonds is 5. The number of aromatic amines is 1. The van der Waals surface area contributed by atoms with E-state index in [1.807, 2.05) is 30.3 Å². The first kappa shape index (κ1) is 17.6. The summed E-state index contributed by atoms with van der Waals surface area (Å²) < 4.78 is 20.5. The van der Waals surface area contributed by atoms with Crippen LogP contribution >= 0.6 is 0 Å². The molecule has 2 aromatic carbocycles. The number of nitrogens with two attached hydrogens (primary N) is 1. The number of ether oxygens (including phenoxy) is 1. The summed E-state index contributed by atoms with van der Waals surface area (Å²) in [7, 11) is 0. The Balaban J connectivity index is 1.47. The van der Waals surface area contributed by atoms with Crippen LogP contribution in [0.3, 0.4) is 0 Å². The third kappa shape index (κ3) is 3.38. The Morgan fingerprint density at radius 2 is 1.93 bits per heavy atom. The van der Waals surface area contributed by atoms with Crippen LogP contribution in [0.25, 0.3) is 22.3 Å². The molecule has 8 heteroatoms. The van der Waals surface area contributed by atoms with Gasteiger partial charge in [-0.25, -0.2) is 14.4 Å². The minimum absolute atomic E-state index is 0.289. The Kier molecular flexibility index (Phi) is 4.33. The predicted octanol–water partition coefficient (Wildman–Crippen LogP) is 3.44. The lowest BCUT2D eigenvalue weighted by Crippen LogP contribution is -2.44. The molecule has 29 heavy (non-hydrogen) atoms. The second-order valence-corrected chi connectivity index (χ2v) is 7.02. The van der Waals surface area contributed by atoms with Crippen LogP contribution in [0, 0.1) is 5.82 Å². The van der Waals surface area contributed by atoms with E-state index in [1.54, 1.807) is 12.1 Å². The number of nitrogens with one attached hydrogen (secondary N) is 2. The Bertz CT molecular complexity index is 1170. The van der Waals surface area contributed by atoms with Crippen LogP contribution in [-0.2, 0) is 6.42 Å². The van der Waals surface area contributed by atoms with Gasteiger partial charge >= 0.3 is 0 Å². The molecular weight excluding hydrogens is 371 g/mol. The van der Waals surface area contributed by atoms with Crippen molar-refractivity contribution in [1.82, 2.24) is 25.5 Å². The Hall–Kier alpha value is -3.52. The van der Waals surface area contributed by atoms with Crippen molar-refractivity contribution in [3.05, 3.63) is 60.2 Å². The van der Waals surface area contributed by atoms with Crippen LogP contribution in [0.5, 0.6) is 11.5 Å².